The molecule has 136 valence electrons. The molecule has 1 aliphatic rings. The van der Waals surface area contributed by atoms with Gasteiger partial charge >= 0.3 is 0 Å². The normalized spacial score (nSPS) is 15.9. The van der Waals surface area contributed by atoms with Crippen LogP contribution in [-0.4, -0.2) is 42.0 Å². The lowest BCUT2D eigenvalue weighted by Crippen LogP contribution is -2.35. The topological polar surface area (TPSA) is 54.5 Å². The number of carbonyl (C=O) groups is 1. The monoisotopic (exact) mass is 355 g/mol. The molecule has 2 aromatic rings. The van der Waals surface area contributed by atoms with Gasteiger partial charge in [-0.2, -0.15) is 0 Å². The van der Waals surface area contributed by atoms with E-state index in [0.717, 1.165) is 31.5 Å². The van der Waals surface area contributed by atoms with Crippen molar-refractivity contribution >= 4 is 17.7 Å². The maximum atomic E-state index is 12.8. The zero-order valence-corrected chi connectivity index (χ0v) is 14.7. The Morgan fingerprint density at radius 2 is 1.96 bits per heavy atom. The van der Waals surface area contributed by atoms with Gasteiger partial charge in [0.25, 0.3) is 0 Å². The number of amides is 1. The van der Waals surface area contributed by atoms with Crippen molar-refractivity contribution in [1.82, 2.24) is 9.88 Å². The Kier molecular flexibility index (Phi) is 5.96. The maximum absolute atomic E-state index is 12.8. The molecule has 6 heteroatoms. The summed E-state index contributed by atoms with van der Waals surface area (Å²) in [6.45, 7) is 2.05. The number of nitrogens with zero attached hydrogens (tertiary/aromatic N) is 2. The van der Waals surface area contributed by atoms with E-state index in [4.69, 9.17) is 4.74 Å². The fourth-order valence-corrected chi connectivity index (χ4v) is 2.73. The summed E-state index contributed by atoms with van der Waals surface area (Å²) < 4.78 is 18.7. The minimum atomic E-state index is -0.305. The summed E-state index contributed by atoms with van der Waals surface area (Å²) >= 11 is 0. The number of piperidine rings is 1. The number of anilines is 1. The van der Waals surface area contributed by atoms with Crippen molar-refractivity contribution in [2.45, 2.75) is 18.9 Å². The molecule has 3 rings (SSSR count). The average molecular weight is 355 g/mol. The summed E-state index contributed by atoms with van der Waals surface area (Å²) in [6, 6.07) is 9.44. The van der Waals surface area contributed by atoms with E-state index in [2.05, 4.69) is 22.2 Å². The molecule has 5 nitrogen and oxygen atoms in total. The molecule has 1 N–H and O–H groups in total. The van der Waals surface area contributed by atoms with Crippen LogP contribution < -0.4 is 10.1 Å². The number of hydrogen-bond acceptors (Lipinski definition) is 4. The maximum Gasteiger partial charge on any atom is 0.248 e. The highest BCUT2D eigenvalue weighted by Gasteiger charge is 2.18. The Bertz CT molecular complexity index is 752. The predicted octanol–water partition coefficient (Wildman–Crippen LogP) is 3.35. The number of ether oxygens (including phenoxy) is 1. The number of likely N-dealkylation sites (tertiary alicyclic amines) is 1. The number of benzene rings is 1. The fourth-order valence-electron chi connectivity index (χ4n) is 2.73. The number of halogens is 1. The third-order valence-corrected chi connectivity index (χ3v) is 4.25. The van der Waals surface area contributed by atoms with Crippen molar-refractivity contribution in [2.24, 2.45) is 0 Å². The summed E-state index contributed by atoms with van der Waals surface area (Å²) in [4.78, 5) is 18.5. The lowest BCUT2D eigenvalue weighted by Gasteiger charge is -2.28. The Hall–Kier alpha value is -2.73. The smallest absolute Gasteiger partial charge is 0.248 e. The molecular weight excluding hydrogens is 333 g/mol. The Labute approximate surface area is 152 Å². The molecule has 0 radical (unpaired) electrons. The van der Waals surface area contributed by atoms with Gasteiger partial charge in [0, 0.05) is 25.2 Å². The van der Waals surface area contributed by atoms with Crippen molar-refractivity contribution < 1.29 is 13.9 Å². The summed E-state index contributed by atoms with van der Waals surface area (Å²) in [5.74, 6) is -0.0141. The molecule has 0 atom stereocenters. The van der Waals surface area contributed by atoms with Gasteiger partial charge in [-0.05, 0) is 49.7 Å². The van der Waals surface area contributed by atoms with Crippen LogP contribution in [0.4, 0.5) is 10.1 Å². The lowest BCUT2D eigenvalue weighted by molar-refractivity contribution is -0.111. The van der Waals surface area contributed by atoms with E-state index >= 15 is 0 Å². The van der Waals surface area contributed by atoms with Crippen molar-refractivity contribution in [2.75, 3.05) is 25.5 Å². The molecule has 1 aliphatic heterocycles. The van der Waals surface area contributed by atoms with E-state index in [1.807, 2.05) is 0 Å². The highest BCUT2D eigenvalue weighted by atomic mass is 19.1. The van der Waals surface area contributed by atoms with E-state index < -0.39 is 0 Å². The second-order valence-corrected chi connectivity index (χ2v) is 6.38. The van der Waals surface area contributed by atoms with E-state index in [1.165, 1.54) is 18.2 Å². The average Bonchev–Trinajstić information content (AvgIpc) is 2.65. The van der Waals surface area contributed by atoms with E-state index in [0.29, 0.717) is 11.6 Å². The fraction of sp³-hybridized carbons (Fsp3) is 0.300. The number of pyridine rings is 1. The number of carbonyl (C=O) groups excluding carboxylic acids is 1. The second-order valence-electron chi connectivity index (χ2n) is 6.38. The quantitative estimate of drug-likeness (QED) is 0.836. The van der Waals surface area contributed by atoms with Crippen LogP contribution in [-0.2, 0) is 4.79 Å². The third-order valence-electron chi connectivity index (χ3n) is 4.25. The van der Waals surface area contributed by atoms with Gasteiger partial charge in [-0.15, -0.1) is 0 Å². The van der Waals surface area contributed by atoms with Crippen LogP contribution in [0.3, 0.4) is 0 Å². The van der Waals surface area contributed by atoms with E-state index in [-0.39, 0.29) is 17.8 Å². The van der Waals surface area contributed by atoms with Crippen LogP contribution in [0.5, 0.6) is 5.88 Å². The molecule has 1 saturated heterocycles. The summed E-state index contributed by atoms with van der Waals surface area (Å²) in [6.07, 6.45) is 6.78. The first-order chi connectivity index (χ1) is 12.6. The first-order valence-electron chi connectivity index (χ1n) is 8.64. The Morgan fingerprint density at radius 1 is 1.23 bits per heavy atom. The van der Waals surface area contributed by atoms with Crippen LogP contribution in [0.25, 0.3) is 6.08 Å². The summed E-state index contributed by atoms with van der Waals surface area (Å²) in [7, 11) is 2.11. The predicted molar refractivity (Wildman–Crippen MR) is 99.4 cm³/mol. The highest BCUT2D eigenvalue weighted by Crippen LogP contribution is 2.18. The molecule has 1 aromatic carbocycles. The Morgan fingerprint density at radius 3 is 2.62 bits per heavy atom. The molecule has 26 heavy (non-hydrogen) atoms. The van der Waals surface area contributed by atoms with Gasteiger partial charge in [-0.25, -0.2) is 9.37 Å². The molecule has 0 spiro atoms. The van der Waals surface area contributed by atoms with Gasteiger partial charge in [0.2, 0.25) is 11.8 Å². The van der Waals surface area contributed by atoms with Crippen LogP contribution in [0, 0.1) is 5.82 Å². The number of nitrogens with one attached hydrogen (secondary N) is 1. The molecule has 1 fully saturated rings. The number of rotatable bonds is 5. The zero-order chi connectivity index (χ0) is 18.4. The highest BCUT2D eigenvalue weighted by molar-refractivity contribution is 6.01. The van der Waals surface area contributed by atoms with Gasteiger partial charge < -0.3 is 15.0 Å². The zero-order valence-electron chi connectivity index (χ0n) is 14.7. The van der Waals surface area contributed by atoms with Crippen LogP contribution >= 0.6 is 0 Å². The minimum absolute atomic E-state index is 0.192. The first kappa shape index (κ1) is 18.1. The van der Waals surface area contributed by atoms with Crippen molar-refractivity contribution in [3.8, 4) is 5.88 Å². The number of hydrogen-bond donors (Lipinski definition) is 1. The standard InChI is InChI=1S/C20H22FN3O2/c1-24-12-10-18(11-13-24)26-20-9-7-17(14-22-20)23-19(25)8-4-15-2-5-16(21)6-3-15/h2-9,14,18H,10-13H2,1H3,(H,23,25)/b8-4+. The van der Waals surface area contributed by atoms with Gasteiger partial charge in [0.1, 0.15) is 11.9 Å². The van der Waals surface area contributed by atoms with E-state index in [9.17, 15) is 9.18 Å². The van der Waals surface area contributed by atoms with Crippen molar-refractivity contribution in [1.29, 1.82) is 0 Å². The van der Waals surface area contributed by atoms with E-state index in [1.54, 1.807) is 36.5 Å². The Balaban J connectivity index is 1.50. The van der Waals surface area contributed by atoms with Crippen molar-refractivity contribution in [3.63, 3.8) is 0 Å². The molecule has 0 saturated carbocycles. The summed E-state index contributed by atoms with van der Waals surface area (Å²) in [5.41, 5.74) is 1.34. The molecule has 1 aromatic heterocycles. The second kappa shape index (κ2) is 8.58. The molecular formula is C20H22FN3O2. The van der Waals surface area contributed by atoms with Crippen molar-refractivity contribution in [3.05, 3.63) is 60.1 Å². The molecule has 2 heterocycles. The van der Waals surface area contributed by atoms with Gasteiger partial charge in [0.15, 0.2) is 0 Å². The van der Waals surface area contributed by atoms with Gasteiger partial charge in [-0.3, -0.25) is 4.79 Å². The van der Waals surface area contributed by atoms with Gasteiger partial charge in [-0.1, -0.05) is 12.1 Å². The molecule has 0 unspecified atom stereocenters. The number of aromatic nitrogens is 1. The molecule has 0 bridgehead atoms. The largest absolute Gasteiger partial charge is 0.474 e. The molecule has 0 aliphatic carbocycles. The molecule has 1 amide bonds. The lowest BCUT2D eigenvalue weighted by atomic mass is 10.1. The van der Waals surface area contributed by atoms with Crippen LogP contribution in [0.1, 0.15) is 18.4 Å². The SMILES string of the molecule is CN1CCC(Oc2ccc(NC(=O)/C=C/c3ccc(F)cc3)cn2)CC1. The minimum Gasteiger partial charge on any atom is -0.474 e. The third kappa shape index (κ3) is 5.39. The van der Waals surface area contributed by atoms with Crippen LogP contribution in [0.2, 0.25) is 0 Å². The first-order valence-corrected chi connectivity index (χ1v) is 8.64. The van der Waals surface area contributed by atoms with Crippen LogP contribution in [0.15, 0.2) is 48.7 Å². The summed E-state index contributed by atoms with van der Waals surface area (Å²) in [5, 5.41) is 2.74. The van der Waals surface area contributed by atoms with Gasteiger partial charge in [0.05, 0.1) is 11.9 Å².